The predicted octanol–water partition coefficient (Wildman–Crippen LogP) is 3.04. The summed E-state index contributed by atoms with van der Waals surface area (Å²) in [5.74, 6) is 2.68. The molecule has 0 amide bonds. The summed E-state index contributed by atoms with van der Waals surface area (Å²) < 4.78 is 1.15. The van der Waals surface area contributed by atoms with Crippen molar-refractivity contribution in [2.24, 2.45) is 0 Å². The van der Waals surface area contributed by atoms with Crippen LogP contribution >= 0.6 is 27.3 Å². The van der Waals surface area contributed by atoms with Gasteiger partial charge in [-0.15, -0.1) is 17.8 Å². The normalized spacial score (nSPS) is 11.2. The molecule has 0 unspecified atom stereocenters. The Morgan fingerprint density at radius 2 is 2.08 bits per heavy atom. The zero-order valence-corrected chi connectivity index (χ0v) is 10.8. The molecule has 0 bridgehead atoms. The quantitative estimate of drug-likeness (QED) is 0.537. The van der Waals surface area contributed by atoms with Crippen LogP contribution in [-0.4, -0.2) is 8.07 Å². The van der Waals surface area contributed by atoms with Crippen LogP contribution in [0.3, 0.4) is 0 Å². The second-order valence-corrected chi connectivity index (χ2v) is 10.4. The third-order valence-corrected chi connectivity index (χ3v) is 6.25. The van der Waals surface area contributed by atoms with E-state index in [1.54, 1.807) is 11.3 Å². The molecule has 1 rings (SSSR count). The smallest absolute Gasteiger partial charge is 0.0906 e. The van der Waals surface area contributed by atoms with Crippen LogP contribution in [0.4, 0.5) is 0 Å². The van der Waals surface area contributed by atoms with Crippen LogP contribution in [-0.2, 0) is 0 Å². The monoisotopic (exact) mass is 258 g/mol. The van der Waals surface area contributed by atoms with E-state index in [0.717, 1.165) is 9.35 Å². The lowest BCUT2D eigenvalue weighted by molar-refractivity contribution is 1.73. The molecule has 0 aliphatic rings. The third kappa shape index (κ3) is 1.82. The molecule has 0 nitrogen and oxygen atoms in total. The highest BCUT2D eigenvalue weighted by Gasteiger charge is 2.21. The van der Waals surface area contributed by atoms with Gasteiger partial charge in [0.05, 0.1) is 13.0 Å². The molecule has 12 heavy (non-hydrogen) atoms. The van der Waals surface area contributed by atoms with Crippen molar-refractivity contribution >= 4 is 40.5 Å². The third-order valence-electron chi connectivity index (χ3n) is 1.67. The van der Waals surface area contributed by atoms with E-state index in [1.165, 1.54) is 5.19 Å². The number of thiophene rings is 1. The van der Waals surface area contributed by atoms with Crippen LogP contribution in [0.15, 0.2) is 9.85 Å². The van der Waals surface area contributed by atoms with E-state index >= 15 is 0 Å². The number of hydrogen-bond acceptors (Lipinski definition) is 1. The second kappa shape index (κ2) is 3.37. The van der Waals surface area contributed by atoms with Gasteiger partial charge in [-0.2, -0.15) is 0 Å². The Balaban J connectivity index is 3.22. The van der Waals surface area contributed by atoms with E-state index in [2.05, 4.69) is 46.9 Å². The van der Waals surface area contributed by atoms with Crippen LogP contribution in [0, 0.1) is 12.3 Å². The highest BCUT2D eigenvalue weighted by atomic mass is 79.9. The molecule has 0 radical (unpaired) electrons. The molecule has 0 saturated heterocycles. The van der Waals surface area contributed by atoms with Crippen molar-refractivity contribution in [3.05, 3.63) is 14.7 Å². The lowest BCUT2D eigenvalue weighted by Gasteiger charge is -2.14. The van der Waals surface area contributed by atoms with E-state index in [4.69, 9.17) is 6.42 Å². The Hall–Kier alpha value is -0.0431. The van der Waals surface area contributed by atoms with E-state index < -0.39 is 8.07 Å². The minimum atomic E-state index is -1.21. The average molecular weight is 259 g/mol. The SMILES string of the molecule is C#Cc1scc([Si](C)(C)C)c1Br. The van der Waals surface area contributed by atoms with Crippen LogP contribution < -0.4 is 5.19 Å². The van der Waals surface area contributed by atoms with Crippen molar-refractivity contribution in [3.63, 3.8) is 0 Å². The van der Waals surface area contributed by atoms with Crippen LogP contribution in [0.1, 0.15) is 4.88 Å². The molecule has 0 spiro atoms. The summed E-state index contributed by atoms with van der Waals surface area (Å²) in [6.07, 6.45) is 5.35. The first-order chi connectivity index (χ1) is 5.46. The van der Waals surface area contributed by atoms with Gasteiger partial charge in [-0.25, -0.2) is 0 Å². The molecule has 0 atom stereocenters. The number of halogens is 1. The summed E-state index contributed by atoms with van der Waals surface area (Å²) >= 11 is 5.20. The molecule has 0 N–H and O–H groups in total. The maximum atomic E-state index is 5.35. The minimum absolute atomic E-state index is 1.02. The zero-order chi connectivity index (χ0) is 9.35. The van der Waals surface area contributed by atoms with E-state index in [-0.39, 0.29) is 0 Å². The maximum absolute atomic E-state index is 5.35. The van der Waals surface area contributed by atoms with Crippen molar-refractivity contribution in [2.75, 3.05) is 0 Å². The first-order valence-corrected chi connectivity index (χ1v) is 8.88. The Morgan fingerprint density at radius 1 is 1.50 bits per heavy atom. The molecular formula is C9H11BrSSi. The van der Waals surface area contributed by atoms with E-state index in [0.29, 0.717) is 0 Å². The van der Waals surface area contributed by atoms with Gasteiger partial charge < -0.3 is 0 Å². The Morgan fingerprint density at radius 3 is 2.33 bits per heavy atom. The van der Waals surface area contributed by atoms with Crippen LogP contribution in [0.25, 0.3) is 0 Å². The Bertz CT molecular complexity index is 327. The number of hydrogen-bond donors (Lipinski definition) is 0. The standard InChI is InChI=1S/C9H11BrSSi/c1-5-7-9(10)8(6-11-7)12(2,3)4/h1,6H,2-4H3. The predicted molar refractivity (Wildman–Crippen MR) is 62.9 cm³/mol. The van der Waals surface area contributed by atoms with Gasteiger partial charge in [-0.1, -0.05) is 25.6 Å². The van der Waals surface area contributed by atoms with Gasteiger partial charge in [0.15, 0.2) is 0 Å². The summed E-state index contributed by atoms with van der Waals surface area (Å²) in [7, 11) is -1.21. The molecule has 1 aromatic rings. The zero-order valence-electron chi connectivity index (χ0n) is 7.44. The van der Waals surface area contributed by atoms with Gasteiger partial charge in [0.25, 0.3) is 0 Å². The summed E-state index contributed by atoms with van der Waals surface area (Å²) in [5.41, 5.74) is 0. The van der Waals surface area contributed by atoms with E-state index in [9.17, 15) is 0 Å². The number of rotatable bonds is 1. The van der Waals surface area contributed by atoms with Gasteiger partial charge in [-0.05, 0) is 26.5 Å². The molecule has 0 fully saturated rings. The highest BCUT2D eigenvalue weighted by Crippen LogP contribution is 2.23. The van der Waals surface area contributed by atoms with Crippen molar-refractivity contribution in [1.29, 1.82) is 0 Å². The van der Waals surface area contributed by atoms with Gasteiger partial charge in [0.2, 0.25) is 0 Å². The van der Waals surface area contributed by atoms with Crippen LogP contribution in [0.5, 0.6) is 0 Å². The summed E-state index contributed by atoms with van der Waals surface area (Å²) in [6.45, 7) is 6.96. The maximum Gasteiger partial charge on any atom is 0.0906 e. The van der Waals surface area contributed by atoms with Crippen molar-refractivity contribution < 1.29 is 0 Å². The van der Waals surface area contributed by atoms with Gasteiger partial charge >= 0.3 is 0 Å². The molecule has 0 saturated carbocycles. The highest BCUT2D eigenvalue weighted by molar-refractivity contribution is 9.10. The van der Waals surface area contributed by atoms with E-state index in [1.807, 2.05) is 0 Å². The molecule has 0 aromatic carbocycles. The molecule has 0 aliphatic carbocycles. The lowest BCUT2D eigenvalue weighted by Crippen LogP contribution is -2.37. The Labute approximate surface area is 87.1 Å². The van der Waals surface area contributed by atoms with Crippen molar-refractivity contribution in [2.45, 2.75) is 19.6 Å². The molecule has 64 valence electrons. The largest absolute Gasteiger partial charge is 0.134 e. The first kappa shape index (κ1) is 10.0. The fraction of sp³-hybridized carbons (Fsp3) is 0.333. The topological polar surface area (TPSA) is 0 Å². The van der Waals surface area contributed by atoms with Gasteiger partial charge in [0.1, 0.15) is 0 Å². The second-order valence-electron chi connectivity index (χ2n) is 3.69. The van der Waals surface area contributed by atoms with Crippen molar-refractivity contribution in [1.82, 2.24) is 0 Å². The summed E-state index contributed by atoms with van der Waals surface area (Å²) in [4.78, 5) is 1.02. The summed E-state index contributed by atoms with van der Waals surface area (Å²) in [5, 5.41) is 3.62. The molecule has 1 aromatic heterocycles. The minimum Gasteiger partial charge on any atom is -0.134 e. The van der Waals surface area contributed by atoms with Gasteiger partial charge in [-0.3, -0.25) is 0 Å². The molecule has 0 aliphatic heterocycles. The summed E-state index contributed by atoms with van der Waals surface area (Å²) in [6, 6.07) is 0. The Kier molecular flexibility index (Phi) is 2.82. The first-order valence-electron chi connectivity index (χ1n) is 3.71. The molecule has 3 heteroatoms. The molecular weight excluding hydrogens is 248 g/mol. The van der Waals surface area contributed by atoms with Crippen molar-refractivity contribution in [3.8, 4) is 12.3 Å². The number of terminal acetylenes is 1. The van der Waals surface area contributed by atoms with Crippen LogP contribution in [0.2, 0.25) is 19.6 Å². The fourth-order valence-corrected chi connectivity index (χ4v) is 6.49. The fourth-order valence-electron chi connectivity index (χ4n) is 0.947. The average Bonchev–Trinajstić information content (AvgIpc) is 2.29. The lowest BCUT2D eigenvalue weighted by atomic mass is 10.5. The van der Waals surface area contributed by atoms with Gasteiger partial charge in [0, 0.05) is 4.47 Å². The molecule has 1 heterocycles.